The maximum atomic E-state index is 5.83. The quantitative estimate of drug-likeness (QED) is 0.869. The Balaban J connectivity index is 2.06. The fourth-order valence-electron chi connectivity index (χ4n) is 2.02. The molecular weight excluding hydrogens is 230 g/mol. The van der Waals surface area contributed by atoms with Crippen LogP contribution in [-0.2, 0) is 0 Å². The molecule has 2 unspecified atom stereocenters. The van der Waals surface area contributed by atoms with Gasteiger partial charge in [-0.1, -0.05) is 18.5 Å². The van der Waals surface area contributed by atoms with E-state index in [1.54, 1.807) is 11.3 Å². The molecule has 2 atom stereocenters. The van der Waals surface area contributed by atoms with Crippen molar-refractivity contribution in [2.45, 2.75) is 13.3 Å². The molecule has 5 heteroatoms. The van der Waals surface area contributed by atoms with Gasteiger partial charge in [-0.25, -0.2) is 4.98 Å². The van der Waals surface area contributed by atoms with Crippen molar-refractivity contribution in [3.8, 4) is 0 Å². The van der Waals surface area contributed by atoms with Gasteiger partial charge in [-0.15, -0.1) is 11.3 Å². The highest BCUT2D eigenvalue weighted by Crippen LogP contribution is 2.29. The van der Waals surface area contributed by atoms with Crippen molar-refractivity contribution in [1.82, 2.24) is 4.98 Å². The van der Waals surface area contributed by atoms with Crippen molar-refractivity contribution in [1.29, 1.82) is 0 Å². The zero-order valence-electron chi connectivity index (χ0n) is 8.82. The molecule has 1 fully saturated rings. The van der Waals surface area contributed by atoms with Crippen molar-refractivity contribution in [3.05, 3.63) is 10.5 Å². The van der Waals surface area contributed by atoms with Gasteiger partial charge in [0.1, 0.15) is 5.15 Å². The molecule has 1 aliphatic rings. The van der Waals surface area contributed by atoms with Crippen molar-refractivity contribution >= 4 is 28.1 Å². The van der Waals surface area contributed by atoms with Crippen LogP contribution in [0.3, 0.4) is 0 Å². The number of hydrogen-bond acceptors (Lipinski definition) is 4. The van der Waals surface area contributed by atoms with Gasteiger partial charge in [0.2, 0.25) is 0 Å². The number of thiazole rings is 1. The van der Waals surface area contributed by atoms with Crippen molar-refractivity contribution in [3.63, 3.8) is 0 Å². The topological polar surface area (TPSA) is 42.2 Å². The van der Waals surface area contributed by atoms with Gasteiger partial charge in [-0.05, 0) is 24.8 Å². The number of aromatic nitrogens is 1. The van der Waals surface area contributed by atoms with Crippen LogP contribution in [0.5, 0.6) is 0 Å². The predicted octanol–water partition coefficient (Wildman–Crippen LogP) is 2.22. The summed E-state index contributed by atoms with van der Waals surface area (Å²) in [5.74, 6) is 1.31. The van der Waals surface area contributed by atoms with E-state index in [4.69, 9.17) is 17.3 Å². The van der Waals surface area contributed by atoms with Gasteiger partial charge in [-0.2, -0.15) is 0 Å². The zero-order valence-corrected chi connectivity index (χ0v) is 10.4. The van der Waals surface area contributed by atoms with Crippen LogP contribution in [-0.4, -0.2) is 24.6 Å². The molecule has 0 radical (unpaired) electrons. The molecule has 0 aromatic carbocycles. The van der Waals surface area contributed by atoms with Gasteiger partial charge in [0.05, 0.1) is 0 Å². The second kappa shape index (κ2) is 4.68. The molecule has 2 rings (SSSR count). The third-order valence-electron chi connectivity index (χ3n) is 3.15. The lowest BCUT2D eigenvalue weighted by atomic mass is 9.87. The van der Waals surface area contributed by atoms with Crippen LogP contribution in [0.2, 0.25) is 5.15 Å². The van der Waals surface area contributed by atoms with E-state index in [-0.39, 0.29) is 0 Å². The van der Waals surface area contributed by atoms with Crippen LogP contribution in [0.4, 0.5) is 5.13 Å². The minimum Gasteiger partial charge on any atom is -0.348 e. The maximum absolute atomic E-state index is 5.83. The summed E-state index contributed by atoms with van der Waals surface area (Å²) in [7, 11) is 0. The molecule has 2 N–H and O–H groups in total. The Morgan fingerprint density at radius 1 is 1.73 bits per heavy atom. The summed E-state index contributed by atoms with van der Waals surface area (Å²) in [6, 6.07) is 0. The van der Waals surface area contributed by atoms with Crippen LogP contribution >= 0.6 is 22.9 Å². The monoisotopic (exact) mass is 245 g/mol. The molecule has 1 aromatic heterocycles. The third kappa shape index (κ3) is 2.44. The first-order valence-corrected chi connectivity index (χ1v) is 6.52. The van der Waals surface area contributed by atoms with Gasteiger partial charge >= 0.3 is 0 Å². The number of halogens is 1. The van der Waals surface area contributed by atoms with E-state index in [0.29, 0.717) is 11.1 Å². The van der Waals surface area contributed by atoms with Gasteiger partial charge in [0, 0.05) is 18.5 Å². The van der Waals surface area contributed by atoms with Crippen LogP contribution < -0.4 is 10.6 Å². The van der Waals surface area contributed by atoms with Gasteiger partial charge < -0.3 is 10.6 Å². The Hall–Kier alpha value is -0.320. The molecule has 0 saturated carbocycles. The van der Waals surface area contributed by atoms with Crippen LogP contribution in [0.25, 0.3) is 0 Å². The Kier molecular flexibility index (Phi) is 3.49. The third-order valence-corrected chi connectivity index (χ3v) is 4.38. The van der Waals surface area contributed by atoms with Gasteiger partial charge in [0.25, 0.3) is 0 Å². The Morgan fingerprint density at radius 2 is 2.53 bits per heavy atom. The van der Waals surface area contributed by atoms with Crippen LogP contribution in [0.1, 0.15) is 13.3 Å². The second-order valence-corrected chi connectivity index (χ2v) is 5.38. The summed E-state index contributed by atoms with van der Waals surface area (Å²) < 4.78 is 0. The van der Waals surface area contributed by atoms with E-state index in [1.807, 2.05) is 5.38 Å². The lowest BCUT2D eigenvalue weighted by molar-refractivity contribution is 0.308. The molecule has 0 bridgehead atoms. The number of nitrogens with zero attached hydrogens (tertiary/aromatic N) is 2. The SMILES string of the molecule is CC1CCN(c2nc(Cl)cs2)CC1CN. The Morgan fingerprint density at radius 3 is 3.13 bits per heavy atom. The van der Waals surface area contributed by atoms with Gasteiger partial charge in [0.15, 0.2) is 5.13 Å². The fraction of sp³-hybridized carbons (Fsp3) is 0.700. The summed E-state index contributed by atoms with van der Waals surface area (Å²) in [5, 5.41) is 3.51. The van der Waals surface area contributed by atoms with E-state index in [1.165, 1.54) is 6.42 Å². The van der Waals surface area contributed by atoms with E-state index in [0.717, 1.165) is 30.7 Å². The number of nitrogens with two attached hydrogens (primary N) is 1. The highest BCUT2D eigenvalue weighted by molar-refractivity contribution is 7.14. The normalized spacial score (nSPS) is 27.0. The molecule has 15 heavy (non-hydrogen) atoms. The average Bonchev–Trinajstić information content (AvgIpc) is 2.66. The number of hydrogen-bond donors (Lipinski definition) is 1. The summed E-state index contributed by atoms with van der Waals surface area (Å²) >= 11 is 7.44. The fourth-order valence-corrected chi connectivity index (χ4v) is 3.01. The molecule has 3 nitrogen and oxygen atoms in total. The lowest BCUT2D eigenvalue weighted by Gasteiger charge is -2.36. The first kappa shape index (κ1) is 11.2. The van der Waals surface area contributed by atoms with Crippen molar-refractivity contribution < 1.29 is 0 Å². The van der Waals surface area contributed by atoms with E-state index >= 15 is 0 Å². The molecule has 1 aromatic rings. The molecule has 0 amide bonds. The molecule has 84 valence electrons. The van der Waals surface area contributed by atoms with Crippen LogP contribution in [0, 0.1) is 11.8 Å². The Labute approximate surface area is 99.2 Å². The molecular formula is C10H16ClN3S. The van der Waals surface area contributed by atoms with Crippen LogP contribution in [0.15, 0.2) is 5.38 Å². The van der Waals surface area contributed by atoms with E-state index < -0.39 is 0 Å². The molecule has 1 aliphatic heterocycles. The van der Waals surface area contributed by atoms with Crippen molar-refractivity contribution in [2.24, 2.45) is 17.6 Å². The number of anilines is 1. The minimum absolute atomic E-state index is 0.585. The highest BCUT2D eigenvalue weighted by atomic mass is 35.5. The molecule has 2 heterocycles. The largest absolute Gasteiger partial charge is 0.348 e. The molecule has 0 spiro atoms. The number of piperidine rings is 1. The smallest absolute Gasteiger partial charge is 0.186 e. The van der Waals surface area contributed by atoms with E-state index in [2.05, 4.69) is 16.8 Å². The van der Waals surface area contributed by atoms with E-state index in [9.17, 15) is 0 Å². The first-order chi connectivity index (χ1) is 7.20. The standard InChI is InChI=1S/C10H16ClN3S/c1-7-2-3-14(5-8(7)4-12)10-13-9(11)6-15-10/h6-8H,2-5,12H2,1H3. The lowest BCUT2D eigenvalue weighted by Crippen LogP contribution is -2.42. The second-order valence-electron chi connectivity index (χ2n) is 4.16. The summed E-state index contributed by atoms with van der Waals surface area (Å²) in [5.41, 5.74) is 5.77. The summed E-state index contributed by atoms with van der Waals surface area (Å²) in [6.07, 6.45) is 1.19. The Bertz CT molecular complexity index is 328. The highest BCUT2D eigenvalue weighted by Gasteiger charge is 2.26. The van der Waals surface area contributed by atoms with Crippen molar-refractivity contribution in [2.75, 3.05) is 24.5 Å². The summed E-state index contributed by atoms with van der Waals surface area (Å²) in [4.78, 5) is 6.60. The summed E-state index contributed by atoms with van der Waals surface area (Å²) in [6.45, 7) is 5.13. The molecule has 0 aliphatic carbocycles. The van der Waals surface area contributed by atoms with Gasteiger partial charge in [-0.3, -0.25) is 0 Å². The average molecular weight is 246 g/mol. The number of rotatable bonds is 2. The first-order valence-electron chi connectivity index (χ1n) is 5.26. The minimum atomic E-state index is 0.585. The maximum Gasteiger partial charge on any atom is 0.186 e. The molecule has 1 saturated heterocycles. The predicted molar refractivity (Wildman–Crippen MR) is 65.7 cm³/mol. The zero-order chi connectivity index (χ0) is 10.8.